The van der Waals surface area contributed by atoms with E-state index in [2.05, 4.69) is 36.9 Å². The summed E-state index contributed by atoms with van der Waals surface area (Å²) in [6.07, 6.45) is 2.87. The van der Waals surface area contributed by atoms with E-state index in [1.54, 1.807) is 38.1 Å². The Kier molecular flexibility index (Phi) is 30.2. The smallest absolute Gasteiger partial charge is 0.407 e. The van der Waals surface area contributed by atoms with Gasteiger partial charge in [-0.2, -0.15) is 0 Å². The Morgan fingerprint density at radius 3 is 1.84 bits per heavy atom. The second-order valence-electron chi connectivity index (χ2n) is 18.6. The van der Waals surface area contributed by atoms with Crippen molar-refractivity contribution >= 4 is 47.5 Å². The standard InChI is InChI=1S/C50H81N11O16/c1-34(2)45(47(65)57-41(4-3-15-54-48(52)66)46(64)56-36-7-5-35(6-8-36)32-76-49(53)67)58-44(63)14-19-70-23-27-73-29-25-72-21-17-61-42-12-10-38-37(9-11-40(42)59-60-61)39(38)33-77-50(68)55-16-20-71-24-28-75-31-30-74-26-22-69-18-13-43(51)62/h5-8,34,37-39,41,45H,3-4,9-33H2,1-2H3,(H2,51,62)(H2,53,67)(H,55,68)(H,56,64)(H,57,65)(H,58,63)(H3,52,54,66)/t37-,38+,39-,41+,45+/m1/s1. The van der Waals surface area contributed by atoms with Gasteiger partial charge < -0.3 is 86.4 Å². The molecule has 8 amide bonds. The minimum Gasteiger partial charge on any atom is -0.449 e. The molecule has 1 saturated carbocycles. The summed E-state index contributed by atoms with van der Waals surface area (Å²) in [6, 6.07) is 3.79. The molecule has 1 fully saturated rings. The van der Waals surface area contributed by atoms with E-state index in [0.29, 0.717) is 121 Å². The van der Waals surface area contributed by atoms with E-state index in [-0.39, 0.29) is 64.8 Å². The minimum atomic E-state index is -1.02. The molecule has 0 radical (unpaired) electrons. The number of hydrogen-bond donors (Lipinski definition) is 8. The molecule has 2 aromatic rings. The molecule has 77 heavy (non-hydrogen) atoms. The number of carbonyl (C=O) groups is 7. The van der Waals surface area contributed by atoms with Crippen molar-refractivity contribution in [3.05, 3.63) is 41.2 Å². The highest BCUT2D eigenvalue weighted by molar-refractivity contribution is 5.98. The molecule has 27 heteroatoms. The third-order valence-corrected chi connectivity index (χ3v) is 12.5. The third-order valence-electron chi connectivity index (χ3n) is 12.5. The first-order valence-electron chi connectivity index (χ1n) is 26.3. The number of aromatic nitrogens is 3. The number of hydrogen-bond acceptors (Lipinski definition) is 18. The maximum Gasteiger partial charge on any atom is 0.407 e. The first-order valence-corrected chi connectivity index (χ1v) is 26.3. The predicted octanol–water partition coefficient (Wildman–Crippen LogP) is 0.435. The van der Waals surface area contributed by atoms with Gasteiger partial charge in [-0.3, -0.25) is 19.2 Å². The molecule has 0 spiro atoms. The molecule has 2 aliphatic rings. The number of aryl methyl sites for hydroxylation is 1. The van der Waals surface area contributed by atoms with Crippen LogP contribution in [0.5, 0.6) is 0 Å². The molecule has 5 atom stereocenters. The second kappa shape index (κ2) is 36.7. The molecular weight excluding hydrogens is 1010 g/mol. The van der Waals surface area contributed by atoms with Gasteiger partial charge in [0.15, 0.2) is 0 Å². The van der Waals surface area contributed by atoms with Gasteiger partial charge in [0.05, 0.1) is 117 Å². The second-order valence-corrected chi connectivity index (χ2v) is 18.6. The summed E-state index contributed by atoms with van der Waals surface area (Å²) in [6.45, 7) is 9.71. The zero-order valence-electron chi connectivity index (χ0n) is 44.5. The average Bonchev–Trinajstić information content (AvgIpc) is 3.94. The summed E-state index contributed by atoms with van der Waals surface area (Å²) in [5.74, 6) is -0.916. The zero-order chi connectivity index (χ0) is 55.6. The number of nitrogens with two attached hydrogens (primary N) is 3. The lowest BCUT2D eigenvalue weighted by Crippen LogP contribution is -2.54. The Bertz CT molecular complexity index is 2100. The molecule has 1 aromatic heterocycles. The summed E-state index contributed by atoms with van der Waals surface area (Å²) >= 11 is 0. The van der Waals surface area contributed by atoms with E-state index in [1.807, 2.05) is 4.68 Å². The highest BCUT2D eigenvalue weighted by atomic mass is 16.6. The first-order chi connectivity index (χ1) is 37.2. The van der Waals surface area contributed by atoms with Gasteiger partial charge in [-0.25, -0.2) is 19.1 Å². The number of carbonyl (C=O) groups excluding carboxylic acids is 7. The van der Waals surface area contributed by atoms with Crippen LogP contribution in [0.25, 0.3) is 0 Å². The van der Waals surface area contributed by atoms with Crippen molar-refractivity contribution < 1.29 is 76.2 Å². The number of amides is 8. The maximum atomic E-state index is 13.5. The van der Waals surface area contributed by atoms with E-state index in [4.69, 9.17) is 59.8 Å². The van der Waals surface area contributed by atoms with Crippen molar-refractivity contribution in [3.8, 4) is 0 Å². The van der Waals surface area contributed by atoms with E-state index < -0.39 is 53.9 Å². The third kappa shape index (κ3) is 26.6. The minimum absolute atomic E-state index is 0.0125. The fourth-order valence-corrected chi connectivity index (χ4v) is 8.39. The SMILES string of the molecule is CC(C)[C@H](NC(=O)CCOCCOCCOCCn1nnc2c1CC[C@H]1[C@@H](CC2)[C@H]1COC(=O)NCCOCCOCCOCCOCCC(N)=O)C(=O)N[C@@H](CCCNC(N)=O)C(=O)Nc1ccc(COC(N)=O)cc1. The molecule has 2 aliphatic carbocycles. The number of anilines is 1. The lowest BCUT2D eigenvalue weighted by Gasteiger charge is -2.25. The fraction of sp³-hybridized carbons (Fsp3) is 0.700. The van der Waals surface area contributed by atoms with Gasteiger partial charge in [-0.05, 0) is 79.9 Å². The van der Waals surface area contributed by atoms with Crippen LogP contribution >= 0.6 is 0 Å². The molecule has 0 saturated heterocycles. The van der Waals surface area contributed by atoms with Crippen molar-refractivity contribution in [2.75, 3.05) is 118 Å². The number of benzene rings is 1. The van der Waals surface area contributed by atoms with Gasteiger partial charge in [-0.15, -0.1) is 5.10 Å². The van der Waals surface area contributed by atoms with Gasteiger partial charge >= 0.3 is 18.2 Å². The quantitative estimate of drug-likeness (QED) is 0.0419. The van der Waals surface area contributed by atoms with Crippen LogP contribution in [0.4, 0.5) is 20.1 Å². The van der Waals surface area contributed by atoms with Crippen molar-refractivity contribution in [1.29, 1.82) is 0 Å². The first kappa shape index (κ1) is 63.3. The van der Waals surface area contributed by atoms with Crippen LogP contribution < -0.4 is 43.8 Å². The highest BCUT2D eigenvalue weighted by Gasteiger charge is 2.50. The summed E-state index contributed by atoms with van der Waals surface area (Å²) in [5.41, 5.74) is 18.4. The van der Waals surface area contributed by atoms with Crippen molar-refractivity contribution in [1.82, 2.24) is 36.3 Å². The summed E-state index contributed by atoms with van der Waals surface area (Å²) in [7, 11) is 0. The largest absolute Gasteiger partial charge is 0.449 e. The normalized spacial score (nSPS) is 16.4. The number of ether oxygens (including phenoxy) is 9. The number of nitrogens with zero attached hydrogens (tertiary/aromatic N) is 3. The monoisotopic (exact) mass is 1090 g/mol. The van der Waals surface area contributed by atoms with Crippen molar-refractivity contribution in [2.24, 2.45) is 40.9 Å². The molecule has 27 nitrogen and oxygen atoms in total. The Morgan fingerprint density at radius 2 is 1.25 bits per heavy atom. The van der Waals surface area contributed by atoms with E-state index in [0.717, 1.165) is 37.1 Å². The van der Waals surface area contributed by atoms with E-state index in [9.17, 15) is 33.6 Å². The molecular formula is C50H81N11O16. The Hall–Kier alpha value is -6.23. The summed E-state index contributed by atoms with van der Waals surface area (Å²) < 4.78 is 50.8. The zero-order valence-corrected chi connectivity index (χ0v) is 44.5. The Morgan fingerprint density at radius 1 is 0.662 bits per heavy atom. The molecule has 4 rings (SSSR count). The Balaban J connectivity index is 1.01. The van der Waals surface area contributed by atoms with Gasteiger partial charge in [0.25, 0.3) is 0 Å². The number of primary amides is 3. The average molecular weight is 1090 g/mol. The lowest BCUT2D eigenvalue weighted by atomic mass is 10.0. The number of rotatable bonds is 41. The number of alkyl carbamates (subject to hydrolysis) is 1. The van der Waals surface area contributed by atoms with Crippen molar-refractivity contribution in [3.63, 3.8) is 0 Å². The number of fused-ring (bicyclic) bond motifs is 2. The molecule has 432 valence electrons. The van der Waals surface area contributed by atoms with E-state index >= 15 is 0 Å². The molecule has 1 aromatic carbocycles. The van der Waals surface area contributed by atoms with Gasteiger partial charge in [0.1, 0.15) is 18.7 Å². The highest BCUT2D eigenvalue weighted by Crippen LogP contribution is 2.53. The molecule has 11 N–H and O–H groups in total. The van der Waals surface area contributed by atoms with Crippen LogP contribution in [0, 0.1) is 23.7 Å². The van der Waals surface area contributed by atoms with Crippen LogP contribution in [0.3, 0.4) is 0 Å². The van der Waals surface area contributed by atoms with Gasteiger partial charge in [-0.1, -0.05) is 31.2 Å². The van der Waals surface area contributed by atoms with Gasteiger partial charge in [0, 0.05) is 31.6 Å². The van der Waals surface area contributed by atoms with Crippen LogP contribution in [0.15, 0.2) is 24.3 Å². The van der Waals surface area contributed by atoms with E-state index in [1.165, 1.54) is 0 Å². The van der Waals surface area contributed by atoms with Crippen LogP contribution in [0.2, 0.25) is 0 Å². The van der Waals surface area contributed by atoms with Crippen molar-refractivity contribution in [2.45, 2.75) is 90.4 Å². The molecule has 1 heterocycles. The Labute approximate surface area is 449 Å². The molecule has 0 unspecified atom stereocenters. The summed E-state index contributed by atoms with van der Waals surface area (Å²) in [4.78, 5) is 84.8. The predicted molar refractivity (Wildman–Crippen MR) is 276 cm³/mol. The fourth-order valence-electron chi connectivity index (χ4n) is 8.39. The van der Waals surface area contributed by atoms with Gasteiger partial charge in [0.2, 0.25) is 23.6 Å². The van der Waals surface area contributed by atoms with Crippen LogP contribution in [0.1, 0.15) is 69.3 Å². The molecule has 0 bridgehead atoms. The summed E-state index contributed by atoms with van der Waals surface area (Å²) in [5, 5.41) is 22.3. The van der Waals surface area contributed by atoms with Crippen LogP contribution in [-0.2, 0) is 87.8 Å². The number of nitrogens with one attached hydrogen (secondary N) is 5. The topological polar surface area (TPSA) is 371 Å². The van der Waals surface area contributed by atoms with Crippen LogP contribution in [-0.4, -0.2) is 181 Å². The lowest BCUT2D eigenvalue weighted by molar-refractivity contribution is -0.132. The number of urea groups is 1. The molecule has 0 aliphatic heterocycles. The maximum absolute atomic E-state index is 13.5.